The van der Waals surface area contributed by atoms with Gasteiger partial charge in [0.2, 0.25) is 0 Å². The first kappa shape index (κ1) is 13.8. The molecule has 4 heteroatoms. The fourth-order valence-corrected chi connectivity index (χ4v) is 2.33. The van der Waals surface area contributed by atoms with Crippen LogP contribution in [0.4, 0.5) is 4.79 Å². The second kappa shape index (κ2) is 4.96. The summed E-state index contributed by atoms with van der Waals surface area (Å²) in [5.74, 6) is 0. The van der Waals surface area contributed by atoms with Gasteiger partial charge in [-0.2, -0.15) is 0 Å². The summed E-state index contributed by atoms with van der Waals surface area (Å²) in [6, 6.07) is 3.96. The fraction of sp³-hybridized carbons (Fsp3) is 0.462. The molecular weight excluding hydrogens is 238 g/mol. The average Bonchev–Trinajstić information content (AvgIpc) is 2.09. The Hall–Kier alpha value is -1.22. The number of hydrogen-bond acceptors (Lipinski definition) is 1. The van der Waals surface area contributed by atoms with E-state index < -0.39 is 11.6 Å². The molecule has 1 amide bonds. The minimum absolute atomic E-state index is 0.532. The zero-order valence-electron chi connectivity index (χ0n) is 10.6. The maximum Gasteiger partial charge on any atom is 0.405 e. The van der Waals surface area contributed by atoms with Gasteiger partial charge in [-0.3, -0.25) is 0 Å². The van der Waals surface area contributed by atoms with Crippen molar-refractivity contribution in [2.45, 2.75) is 39.7 Å². The first-order valence-corrected chi connectivity index (χ1v) is 5.86. The topological polar surface area (TPSA) is 49.3 Å². The number of carbonyl (C=O) groups is 1. The zero-order chi connectivity index (χ0) is 13.2. The van der Waals surface area contributed by atoms with Crippen molar-refractivity contribution >= 4 is 17.7 Å². The van der Waals surface area contributed by atoms with Gasteiger partial charge in [-0.05, 0) is 56.9 Å². The molecule has 0 heterocycles. The van der Waals surface area contributed by atoms with Gasteiger partial charge in [-0.15, -0.1) is 0 Å². The van der Waals surface area contributed by atoms with Crippen molar-refractivity contribution < 1.29 is 9.90 Å². The molecule has 0 aliphatic carbocycles. The number of hydrogen-bond donors (Lipinski definition) is 2. The Morgan fingerprint density at radius 2 is 2.00 bits per heavy atom. The number of nitrogens with one attached hydrogen (secondary N) is 1. The molecule has 17 heavy (non-hydrogen) atoms. The number of benzene rings is 1. The molecule has 0 spiro atoms. The van der Waals surface area contributed by atoms with Crippen LogP contribution in [0.15, 0.2) is 12.1 Å². The maximum atomic E-state index is 10.7. The Labute approximate surface area is 107 Å². The van der Waals surface area contributed by atoms with E-state index in [1.807, 2.05) is 33.8 Å². The van der Waals surface area contributed by atoms with Crippen LogP contribution in [0.5, 0.6) is 0 Å². The molecule has 0 atom stereocenters. The summed E-state index contributed by atoms with van der Waals surface area (Å²) < 4.78 is 0. The standard InChI is InChI=1S/C13H18ClNO2/c1-8-5-9(2)10(11(14)6-8)7-13(3,4)15-12(16)17/h5-6,15H,7H2,1-4H3,(H,16,17). The fourth-order valence-electron chi connectivity index (χ4n) is 1.95. The van der Waals surface area contributed by atoms with Gasteiger partial charge >= 0.3 is 6.09 Å². The average molecular weight is 256 g/mol. The van der Waals surface area contributed by atoms with Gasteiger partial charge < -0.3 is 10.4 Å². The molecule has 0 bridgehead atoms. The maximum absolute atomic E-state index is 10.7. The summed E-state index contributed by atoms with van der Waals surface area (Å²) in [5.41, 5.74) is 2.67. The highest BCUT2D eigenvalue weighted by atomic mass is 35.5. The first-order valence-electron chi connectivity index (χ1n) is 5.48. The highest BCUT2D eigenvalue weighted by molar-refractivity contribution is 6.31. The molecule has 0 aliphatic rings. The summed E-state index contributed by atoms with van der Waals surface area (Å²) >= 11 is 6.20. The predicted octanol–water partition coefficient (Wildman–Crippen LogP) is 3.55. The lowest BCUT2D eigenvalue weighted by molar-refractivity contribution is 0.182. The van der Waals surface area contributed by atoms with Crippen molar-refractivity contribution in [1.29, 1.82) is 0 Å². The third-order valence-corrected chi connectivity index (χ3v) is 2.96. The number of rotatable bonds is 3. The molecule has 0 fully saturated rings. The first-order chi connectivity index (χ1) is 7.71. The summed E-state index contributed by atoms with van der Waals surface area (Å²) in [6.45, 7) is 7.67. The van der Waals surface area contributed by atoms with E-state index in [0.717, 1.165) is 16.7 Å². The summed E-state index contributed by atoms with van der Waals surface area (Å²) in [5, 5.41) is 12.0. The van der Waals surface area contributed by atoms with Crippen molar-refractivity contribution in [1.82, 2.24) is 5.32 Å². The molecule has 0 unspecified atom stereocenters. The second-order valence-electron chi connectivity index (χ2n) is 5.03. The molecule has 0 radical (unpaired) electrons. The molecule has 94 valence electrons. The Balaban J connectivity index is 2.99. The van der Waals surface area contributed by atoms with Gasteiger partial charge in [0.1, 0.15) is 0 Å². The van der Waals surface area contributed by atoms with Gasteiger partial charge in [0, 0.05) is 10.6 Å². The van der Waals surface area contributed by atoms with Crippen molar-refractivity contribution in [3.63, 3.8) is 0 Å². The molecule has 0 aromatic heterocycles. The minimum Gasteiger partial charge on any atom is -0.465 e. The van der Waals surface area contributed by atoms with E-state index in [2.05, 4.69) is 11.4 Å². The van der Waals surface area contributed by atoms with Crippen LogP contribution in [-0.4, -0.2) is 16.7 Å². The van der Waals surface area contributed by atoms with Crippen molar-refractivity contribution in [2.75, 3.05) is 0 Å². The molecule has 2 N–H and O–H groups in total. The van der Waals surface area contributed by atoms with Crippen LogP contribution >= 0.6 is 11.6 Å². The van der Waals surface area contributed by atoms with E-state index in [0.29, 0.717) is 11.4 Å². The largest absolute Gasteiger partial charge is 0.465 e. The SMILES string of the molecule is Cc1cc(C)c(CC(C)(C)NC(=O)O)c(Cl)c1. The Bertz CT molecular complexity index is 418. The third kappa shape index (κ3) is 3.93. The van der Waals surface area contributed by atoms with E-state index in [9.17, 15) is 4.79 Å². The van der Waals surface area contributed by atoms with Crippen molar-refractivity contribution in [3.8, 4) is 0 Å². The van der Waals surface area contributed by atoms with E-state index in [1.54, 1.807) is 0 Å². The Morgan fingerprint density at radius 1 is 1.41 bits per heavy atom. The minimum atomic E-state index is -1.02. The lowest BCUT2D eigenvalue weighted by Crippen LogP contribution is -2.44. The molecule has 0 saturated carbocycles. The van der Waals surface area contributed by atoms with Crippen LogP contribution < -0.4 is 5.32 Å². The molecule has 3 nitrogen and oxygen atoms in total. The van der Waals surface area contributed by atoms with Gasteiger partial charge in [0.05, 0.1) is 0 Å². The zero-order valence-corrected chi connectivity index (χ0v) is 11.4. The molecule has 1 aromatic carbocycles. The van der Waals surface area contributed by atoms with Crippen LogP contribution in [0.2, 0.25) is 5.02 Å². The molecule has 1 rings (SSSR count). The summed E-state index contributed by atoms with van der Waals surface area (Å²) in [6.07, 6.45) is -0.444. The Morgan fingerprint density at radius 3 is 2.47 bits per heavy atom. The van der Waals surface area contributed by atoms with Gasteiger partial charge in [0.15, 0.2) is 0 Å². The lowest BCUT2D eigenvalue weighted by Gasteiger charge is -2.26. The lowest BCUT2D eigenvalue weighted by atomic mass is 9.91. The van der Waals surface area contributed by atoms with E-state index in [1.165, 1.54) is 0 Å². The Kier molecular flexibility index (Phi) is 4.04. The molecule has 0 aliphatic heterocycles. The van der Waals surface area contributed by atoms with Gasteiger partial charge in [-0.1, -0.05) is 17.7 Å². The number of amides is 1. The third-order valence-electron chi connectivity index (χ3n) is 2.63. The van der Waals surface area contributed by atoms with Crippen LogP contribution in [0.1, 0.15) is 30.5 Å². The normalized spacial score (nSPS) is 11.4. The molecule has 0 saturated heterocycles. The smallest absolute Gasteiger partial charge is 0.405 e. The molecular formula is C13H18ClNO2. The highest BCUT2D eigenvalue weighted by Gasteiger charge is 2.22. The van der Waals surface area contributed by atoms with Crippen molar-refractivity contribution in [3.05, 3.63) is 33.8 Å². The van der Waals surface area contributed by atoms with Crippen LogP contribution in [0.3, 0.4) is 0 Å². The number of aryl methyl sites for hydroxylation is 2. The van der Waals surface area contributed by atoms with Gasteiger partial charge in [0.25, 0.3) is 0 Å². The highest BCUT2D eigenvalue weighted by Crippen LogP contribution is 2.26. The number of carboxylic acid groups (broad SMARTS) is 1. The molecule has 1 aromatic rings. The monoisotopic (exact) mass is 255 g/mol. The van der Waals surface area contributed by atoms with Crippen LogP contribution in [0, 0.1) is 13.8 Å². The number of halogens is 1. The van der Waals surface area contributed by atoms with Crippen molar-refractivity contribution in [2.24, 2.45) is 0 Å². The van der Waals surface area contributed by atoms with E-state index in [-0.39, 0.29) is 0 Å². The predicted molar refractivity (Wildman–Crippen MR) is 69.9 cm³/mol. The van der Waals surface area contributed by atoms with E-state index in [4.69, 9.17) is 16.7 Å². The summed E-state index contributed by atoms with van der Waals surface area (Å²) in [4.78, 5) is 10.7. The van der Waals surface area contributed by atoms with Crippen LogP contribution in [0.25, 0.3) is 0 Å². The summed E-state index contributed by atoms with van der Waals surface area (Å²) in [7, 11) is 0. The quantitative estimate of drug-likeness (QED) is 0.868. The van der Waals surface area contributed by atoms with Gasteiger partial charge in [-0.25, -0.2) is 4.79 Å². The van der Waals surface area contributed by atoms with E-state index >= 15 is 0 Å². The second-order valence-corrected chi connectivity index (χ2v) is 5.44. The van der Waals surface area contributed by atoms with Crippen LogP contribution in [-0.2, 0) is 6.42 Å².